The second-order valence-electron chi connectivity index (χ2n) is 14.0. The summed E-state index contributed by atoms with van der Waals surface area (Å²) in [6.45, 7) is 0. The minimum atomic E-state index is 1.20. The van der Waals surface area contributed by atoms with Gasteiger partial charge in [-0.15, -0.1) is 0 Å². The Balaban J connectivity index is 1.23. The lowest BCUT2D eigenvalue weighted by Crippen LogP contribution is -1.94. The van der Waals surface area contributed by atoms with Gasteiger partial charge >= 0.3 is 0 Å². The number of rotatable bonds is 6. The van der Waals surface area contributed by atoms with Crippen LogP contribution >= 0.6 is 0 Å². The van der Waals surface area contributed by atoms with Gasteiger partial charge in [0.25, 0.3) is 0 Å². The molecule has 10 aromatic rings. The van der Waals surface area contributed by atoms with E-state index < -0.39 is 0 Å². The smallest absolute Gasteiger partial charge is 0.00201 e. The molecular formula is C54H36. The Morgan fingerprint density at radius 1 is 0.185 bits per heavy atom. The molecule has 0 nitrogen and oxygen atoms in total. The zero-order chi connectivity index (χ0) is 35.8. The summed E-state index contributed by atoms with van der Waals surface area (Å²) in [5, 5.41) is 7.52. The zero-order valence-electron chi connectivity index (χ0n) is 29.8. The fourth-order valence-corrected chi connectivity index (χ4v) is 8.41. The van der Waals surface area contributed by atoms with E-state index in [0.717, 1.165) is 0 Å². The van der Waals surface area contributed by atoms with E-state index in [4.69, 9.17) is 0 Å². The van der Waals surface area contributed by atoms with Crippen molar-refractivity contribution in [1.82, 2.24) is 0 Å². The third-order valence-corrected chi connectivity index (χ3v) is 10.9. The predicted octanol–water partition coefficient (Wildman–Crippen LogP) is 15.1. The zero-order valence-corrected chi connectivity index (χ0v) is 29.8. The summed E-state index contributed by atoms with van der Waals surface area (Å²) in [6, 6.07) is 79.8. The van der Waals surface area contributed by atoms with E-state index in [9.17, 15) is 0 Å². The molecular weight excluding hydrogens is 649 g/mol. The van der Waals surface area contributed by atoms with Gasteiger partial charge < -0.3 is 0 Å². The van der Waals surface area contributed by atoms with Crippen molar-refractivity contribution in [2.24, 2.45) is 0 Å². The van der Waals surface area contributed by atoms with Gasteiger partial charge in [-0.2, -0.15) is 0 Å². The molecule has 0 heterocycles. The molecule has 0 saturated carbocycles. The average molecular weight is 685 g/mol. The highest BCUT2D eigenvalue weighted by atomic mass is 14.2. The third-order valence-electron chi connectivity index (χ3n) is 10.9. The summed E-state index contributed by atoms with van der Waals surface area (Å²) in [5.74, 6) is 0. The van der Waals surface area contributed by atoms with Crippen molar-refractivity contribution >= 4 is 32.3 Å². The molecule has 0 aliphatic carbocycles. The van der Waals surface area contributed by atoms with Crippen LogP contribution in [0.5, 0.6) is 0 Å². The van der Waals surface area contributed by atoms with Gasteiger partial charge in [-0.25, -0.2) is 0 Å². The molecule has 0 atom stereocenters. The Kier molecular flexibility index (Phi) is 7.93. The average Bonchev–Trinajstić information content (AvgIpc) is 3.26. The summed E-state index contributed by atoms with van der Waals surface area (Å²) < 4.78 is 0. The van der Waals surface area contributed by atoms with Crippen LogP contribution < -0.4 is 0 Å². The predicted molar refractivity (Wildman–Crippen MR) is 232 cm³/mol. The minimum absolute atomic E-state index is 1.20. The highest BCUT2D eigenvalue weighted by molar-refractivity contribution is 6.23. The highest BCUT2D eigenvalue weighted by Crippen LogP contribution is 2.48. The van der Waals surface area contributed by atoms with Crippen molar-refractivity contribution in [3.63, 3.8) is 0 Å². The van der Waals surface area contributed by atoms with Crippen LogP contribution in [-0.2, 0) is 0 Å². The monoisotopic (exact) mass is 684 g/mol. The Bertz CT molecular complexity index is 2910. The molecule has 0 bridgehead atoms. The second kappa shape index (κ2) is 13.5. The molecule has 10 rings (SSSR count). The van der Waals surface area contributed by atoms with Crippen LogP contribution in [0.2, 0.25) is 0 Å². The summed E-state index contributed by atoms with van der Waals surface area (Å²) in [4.78, 5) is 0. The maximum atomic E-state index is 2.38. The molecule has 0 unspecified atom stereocenters. The van der Waals surface area contributed by atoms with Gasteiger partial charge in [0.2, 0.25) is 0 Å². The second-order valence-corrected chi connectivity index (χ2v) is 14.0. The van der Waals surface area contributed by atoms with Crippen LogP contribution in [0, 0.1) is 0 Å². The first-order chi connectivity index (χ1) is 26.8. The van der Waals surface area contributed by atoms with Gasteiger partial charge in [0, 0.05) is 0 Å². The normalized spacial score (nSPS) is 11.3. The van der Waals surface area contributed by atoms with Gasteiger partial charge in [0.1, 0.15) is 0 Å². The van der Waals surface area contributed by atoms with Gasteiger partial charge in [-0.05, 0) is 111 Å². The Labute approximate surface area is 316 Å². The van der Waals surface area contributed by atoms with E-state index in [1.165, 1.54) is 99.1 Å². The maximum absolute atomic E-state index is 2.38. The van der Waals surface area contributed by atoms with Crippen molar-refractivity contribution in [2.45, 2.75) is 0 Å². The molecule has 0 aliphatic heterocycles. The molecule has 0 saturated heterocycles. The first-order valence-corrected chi connectivity index (χ1v) is 18.7. The van der Waals surface area contributed by atoms with E-state index in [0.29, 0.717) is 0 Å². The Hall–Kier alpha value is -7.02. The Morgan fingerprint density at radius 2 is 0.630 bits per heavy atom. The largest absolute Gasteiger partial charge is 0.0622 e. The van der Waals surface area contributed by atoms with Gasteiger partial charge in [-0.1, -0.05) is 206 Å². The van der Waals surface area contributed by atoms with Crippen LogP contribution in [0.3, 0.4) is 0 Å². The number of hydrogen-bond acceptors (Lipinski definition) is 0. The van der Waals surface area contributed by atoms with Crippen LogP contribution in [0.15, 0.2) is 218 Å². The van der Waals surface area contributed by atoms with Gasteiger partial charge in [0.15, 0.2) is 0 Å². The van der Waals surface area contributed by atoms with E-state index in [1.54, 1.807) is 0 Å². The third kappa shape index (κ3) is 5.48. The first kappa shape index (κ1) is 31.7. The summed E-state index contributed by atoms with van der Waals surface area (Å²) in [5.41, 5.74) is 14.7. The summed E-state index contributed by atoms with van der Waals surface area (Å²) in [6.07, 6.45) is 0. The molecule has 0 radical (unpaired) electrons. The van der Waals surface area contributed by atoms with E-state index in [1.807, 2.05) is 0 Å². The standard InChI is InChI=1S/C54H36/c1-3-17-37(18-4-1)41-33-34-43(39-20-5-2-6-21-39)52(36-41)46-25-10-9-23-44(46)45-24-11-12-26-47(45)54-50-29-15-13-27-48(50)53(49-28-14-16-30-51(49)54)42-32-31-38-19-7-8-22-40(38)35-42/h1-36H. The van der Waals surface area contributed by atoms with E-state index >= 15 is 0 Å². The topological polar surface area (TPSA) is 0 Å². The van der Waals surface area contributed by atoms with Crippen LogP contribution in [-0.4, -0.2) is 0 Å². The van der Waals surface area contributed by atoms with Crippen molar-refractivity contribution in [2.75, 3.05) is 0 Å². The minimum Gasteiger partial charge on any atom is -0.0622 e. The number of benzene rings is 10. The molecule has 0 spiro atoms. The maximum Gasteiger partial charge on any atom is -0.00201 e. The lowest BCUT2D eigenvalue weighted by molar-refractivity contribution is 1.55. The molecule has 0 aliphatic rings. The summed E-state index contributed by atoms with van der Waals surface area (Å²) >= 11 is 0. The lowest BCUT2D eigenvalue weighted by atomic mass is 9.82. The van der Waals surface area contributed by atoms with Crippen LogP contribution in [0.25, 0.3) is 99.1 Å². The van der Waals surface area contributed by atoms with Crippen molar-refractivity contribution in [1.29, 1.82) is 0 Å². The van der Waals surface area contributed by atoms with Gasteiger partial charge in [-0.3, -0.25) is 0 Å². The first-order valence-electron chi connectivity index (χ1n) is 18.7. The molecule has 0 heteroatoms. The molecule has 0 amide bonds. The molecule has 252 valence electrons. The van der Waals surface area contributed by atoms with Crippen LogP contribution in [0.4, 0.5) is 0 Å². The fraction of sp³-hybridized carbons (Fsp3) is 0. The Morgan fingerprint density at radius 3 is 1.26 bits per heavy atom. The van der Waals surface area contributed by atoms with Crippen molar-refractivity contribution < 1.29 is 0 Å². The van der Waals surface area contributed by atoms with Crippen molar-refractivity contribution in [3.05, 3.63) is 218 Å². The van der Waals surface area contributed by atoms with Crippen molar-refractivity contribution in [3.8, 4) is 66.8 Å². The van der Waals surface area contributed by atoms with Crippen LogP contribution in [0.1, 0.15) is 0 Å². The van der Waals surface area contributed by atoms with E-state index in [-0.39, 0.29) is 0 Å². The SMILES string of the molecule is c1ccc(-c2ccc(-c3ccccc3)c(-c3ccccc3-c3ccccc3-c3c4ccccc4c(-c4ccc5ccccc5c4)c4ccccc34)c2)cc1. The number of hydrogen-bond donors (Lipinski definition) is 0. The lowest BCUT2D eigenvalue weighted by Gasteiger charge is -2.21. The van der Waals surface area contributed by atoms with E-state index in [2.05, 4.69) is 218 Å². The number of fused-ring (bicyclic) bond motifs is 3. The molecule has 0 aromatic heterocycles. The molecule has 0 fully saturated rings. The molecule has 54 heavy (non-hydrogen) atoms. The molecule has 10 aromatic carbocycles. The fourth-order valence-electron chi connectivity index (χ4n) is 8.41. The summed E-state index contributed by atoms with van der Waals surface area (Å²) in [7, 11) is 0. The molecule has 0 N–H and O–H groups in total. The van der Waals surface area contributed by atoms with Gasteiger partial charge in [0.05, 0.1) is 0 Å². The highest BCUT2D eigenvalue weighted by Gasteiger charge is 2.21. The quantitative estimate of drug-likeness (QED) is 0.153.